The van der Waals surface area contributed by atoms with Gasteiger partial charge in [-0.15, -0.1) is 0 Å². The molecule has 1 aromatic rings. The predicted octanol–water partition coefficient (Wildman–Crippen LogP) is 1.89. The van der Waals surface area contributed by atoms with Gasteiger partial charge in [-0.25, -0.2) is 8.78 Å². The zero-order valence-corrected chi connectivity index (χ0v) is 10.5. The quantitative estimate of drug-likeness (QED) is 0.585. The summed E-state index contributed by atoms with van der Waals surface area (Å²) in [5.74, 6) is -1.03. The monoisotopic (exact) mass is 267 g/mol. The summed E-state index contributed by atoms with van der Waals surface area (Å²) in [7, 11) is 0. The molecule has 0 aliphatic carbocycles. The Kier molecular flexibility index (Phi) is 6.21. The largest absolute Gasteiger partial charge is 0.369 e. The maximum Gasteiger partial charge on any atom is 0.212 e. The van der Waals surface area contributed by atoms with E-state index in [9.17, 15) is 13.6 Å². The molecule has 0 unspecified atom stereocenters. The summed E-state index contributed by atoms with van der Waals surface area (Å²) in [6, 6.07) is 5.77. The van der Waals surface area contributed by atoms with Gasteiger partial charge in [0.2, 0.25) is 6.41 Å². The van der Waals surface area contributed by atoms with E-state index in [4.69, 9.17) is 0 Å². The van der Waals surface area contributed by atoms with Crippen LogP contribution in [0.1, 0.15) is 12.5 Å². The Morgan fingerprint density at radius 2 is 2.05 bits per heavy atom. The van der Waals surface area contributed by atoms with Gasteiger partial charge in [-0.3, -0.25) is 9.79 Å². The highest BCUT2D eigenvalue weighted by Gasteiger charge is 2.01. The molecule has 0 bridgehead atoms. The topological polar surface area (TPSA) is 53.5 Å². The molecule has 1 rings (SSSR count). The van der Waals surface area contributed by atoms with Crippen molar-refractivity contribution in [3.63, 3.8) is 0 Å². The van der Waals surface area contributed by atoms with E-state index in [1.165, 1.54) is 12.1 Å². The molecule has 0 fully saturated rings. The van der Waals surface area contributed by atoms with E-state index < -0.39 is 5.83 Å². The Hall–Kier alpha value is -2.24. The lowest BCUT2D eigenvalue weighted by atomic mass is 10.2. The van der Waals surface area contributed by atoms with Gasteiger partial charge in [0.15, 0.2) is 5.83 Å². The molecule has 0 aliphatic heterocycles. The third kappa shape index (κ3) is 5.29. The van der Waals surface area contributed by atoms with Crippen molar-refractivity contribution in [2.24, 2.45) is 4.99 Å². The molecule has 0 aliphatic rings. The molecule has 6 heteroatoms. The SMILES string of the molecule is CCN/C(NC=O)=C(\F)C=NCc1ccc(F)cc1. The second-order valence-electron chi connectivity index (χ2n) is 3.61. The van der Waals surface area contributed by atoms with Crippen LogP contribution in [0.25, 0.3) is 0 Å². The average Bonchev–Trinajstić information content (AvgIpc) is 2.40. The highest BCUT2D eigenvalue weighted by atomic mass is 19.1. The lowest BCUT2D eigenvalue weighted by Gasteiger charge is -2.06. The maximum atomic E-state index is 13.6. The highest BCUT2D eigenvalue weighted by Crippen LogP contribution is 2.04. The number of carbonyl (C=O) groups excluding carboxylic acids is 1. The van der Waals surface area contributed by atoms with Crippen LogP contribution in [0.3, 0.4) is 0 Å². The lowest BCUT2D eigenvalue weighted by Crippen LogP contribution is -2.26. The number of amides is 1. The number of nitrogens with zero attached hydrogens (tertiary/aromatic N) is 1. The zero-order valence-electron chi connectivity index (χ0n) is 10.5. The van der Waals surface area contributed by atoms with Gasteiger partial charge < -0.3 is 10.6 Å². The van der Waals surface area contributed by atoms with Crippen LogP contribution < -0.4 is 10.6 Å². The number of hydrogen-bond donors (Lipinski definition) is 2. The number of allylic oxidation sites excluding steroid dienone is 1. The van der Waals surface area contributed by atoms with Crippen LogP contribution in [-0.2, 0) is 11.3 Å². The number of rotatable bonds is 7. The standard InChI is InChI=1S/C13H15F2N3O/c1-2-17-13(18-9-19)12(15)8-16-7-10-3-5-11(14)6-4-10/h3-6,8-9,17H,2,7H2,1H3,(H,18,19)/b13-12+,16-8?. The third-order valence-electron chi connectivity index (χ3n) is 2.19. The van der Waals surface area contributed by atoms with Crippen LogP contribution >= 0.6 is 0 Å². The van der Waals surface area contributed by atoms with E-state index in [0.717, 1.165) is 11.8 Å². The second-order valence-corrected chi connectivity index (χ2v) is 3.61. The number of nitrogens with one attached hydrogen (secondary N) is 2. The Bertz CT molecular complexity index is 469. The second kappa shape index (κ2) is 7.97. The summed E-state index contributed by atoms with van der Waals surface area (Å²) in [6.45, 7) is 2.47. The van der Waals surface area contributed by atoms with E-state index in [1.54, 1.807) is 19.1 Å². The summed E-state index contributed by atoms with van der Waals surface area (Å²) in [5.41, 5.74) is 0.763. The van der Waals surface area contributed by atoms with Gasteiger partial charge in [0.1, 0.15) is 11.6 Å². The van der Waals surface area contributed by atoms with Gasteiger partial charge in [-0.1, -0.05) is 12.1 Å². The van der Waals surface area contributed by atoms with Gasteiger partial charge >= 0.3 is 0 Å². The van der Waals surface area contributed by atoms with E-state index in [-0.39, 0.29) is 18.2 Å². The van der Waals surface area contributed by atoms with E-state index in [0.29, 0.717) is 13.0 Å². The first-order valence-electron chi connectivity index (χ1n) is 5.75. The van der Waals surface area contributed by atoms with Crippen molar-refractivity contribution >= 4 is 12.6 Å². The number of hydrogen-bond acceptors (Lipinski definition) is 3. The average molecular weight is 267 g/mol. The summed E-state index contributed by atoms with van der Waals surface area (Å²) in [5, 5.41) is 4.87. The first-order valence-corrected chi connectivity index (χ1v) is 5.75. The summed E-state index contributed by atoms with van der Waals surface area (Å²) >= 11 is 0. The molecule has 1 aromatic carbocycles. The Morgan fingerprint density at radius 1 is 1.37 bits per heavy atom. The smallest absolute Gasteiger partial charge is 0.212 e. The van der Waals surface area contributed by atoms with Gasteiger partial charge in [0.05, 0.1) is 12.8 Å². The van der Waals surface area contributed by atoms with Crippen molar-refractivity contribution in [3.8, 4) is 0 Å². The van der Waals surface area contributed by atoms with E-state index in [2.05, 4.69) is 15.6 Å². The van der Waals surface area contributed by atoms with Crippen molar-refractivity contribution in [2.75, 3.05) is 6.54 Å². The molecule has 19 heavy (non-hydrogen) atoms. The summed E-state index contributed by atoms with van der Waals surface area (Å²) in [6.07, 6.45) is 1.39. The zero-order chi connectivity index (χ0) is 14.1. The van der Waals surface area contributed by atoms with E-state index in [1.807, 2.05) is 0 Å². The minimum atomic E-state index is -0.670. The number of aliphatic imine (C=N–C) groups is 1. The molecular formula is C13H15F2N3O. The summed E-state index contributed by atoms with van der Waals surface area (Å²) < 4.78 is 26.3. The molecule has 102 valence electrons. The highest BCUT2D eigenvalue weighted by molar-refractivity contribution is 5.77. The molecule has 0 saturated carbocycles. The first kappa shape index (κ1) is 14.8. The van der Waals surface area contributed by atoms with Crippen molar-refractivity contribution in [2.45, 2.75) is 13.5 Å². The Morgan fingerprint density at radius 3 is 2.63 bits per heavy atom. The van der Waals surface area contributed by atoms with Gasteiger partial charge in [-0.2, -0.15) is 0 Å². The van der Waals surface area contributed by atoms with Gasteiger partial charge in [-0.05, 0) is 24.6 Å². The van der Waals surface area contributed by atoms with Crippen LogP contribution in [0.15, 0.2) is 40.9 Å². The van der Waals surface area contributed by atoms with Crippen molar-refractivity contribution in [3.05, 3.63) is 47.3 Å². The molecule has 0 spiro atoms. The molecule has 0 aromatic heterocycles. The molecule has 1 amide bonds. The molecule has 4 nitrogen and oxygen atoms in total. The number of halogens is 2. The minimum absolute atomic E-state index is 0.0274. The van der Waals surface area contributed by atoms with Gasteiger partial charge in [0, 0.05) is 6.54 Å². The molecule has 0 atom stereocenters. The Balaban J connectivity index is 2.65. The third-order valence-corrected chi connectivity index (χ3v) is 2.19. The predicted molar refractivity (Wildman–Crippen MR) is 69.6 cm³/mol. The van der Waals surface area contributed by atoms with Crippen LogP contribution in [-0.4, -0.2) is 19.2 Å². The molecule has 0 radical (unpaired) electrons. The number of carbonyl (C=O) groups is 1. The molecule has 0 saturated heterocycles. The lowest BCUT2D eigenvalue weighted by molar-refractivity contribution is -0.109. The van der Waals surface area contributed by atoms with E-state index >= 15 is 0 Å². The maximum absolute atomic E-state index is 13.6. The van der Waals surface area contributed by atoms with Crippen molar-refractivity contribution in [1.82, 2.24) is 10.6 Å². The Labute approximate surface area is 110 Å². The fraction of sp³-hybridized carbons (Fsp3) is 0.231. The van der Waals surface area contributed by atoms with Crippen LogP contribution in [0.5, 0.6) is 0 Å². The van der Waals surface area contributed by atoms with Crippen LogP contribution in [0, 0.1) is 5.82 Å². The molecule has 2 N–H and O–H groups in total. The van der Waals surface area contributed by atoms with Crippen molar-refractivity contribution < 1.29 is 13.6 Å². The van der Waals surface area contributed by atoms with Crippen LogP contribution in [0.2, 0.25) is 0 Å². The fourth-order valence-electron chi connectivity index (χ4n) is 1.33. The fourth-order valence-corrected chi connectivity index (χ4v) is 1.33. The van der Waals surface area contributed by atoms with Gasteiger partial charge in [0.25, 0.3) is 0 Å². The number of benzene rings is 1. The van der Waals surface area contributed by atoms with Crippen LogP contribution in [0.4, 0.5) is 8.78 Å². The minimum Gasteiger partial charge on any atom is -0.369 e. The van der Waals surface area contributed by atoms with Crippen molar-refractivity contribution in [1.29, 1.82) is 0 Å². The summed E-state index contributed by atoms with van der Waals surface area (Å²) in [4.78, 5) is 14.2. The molecular weight excluding hydrogens is 252 g/mol. The molecule has 0 heterocycles. The normalized spacial score (nSPS) is 12.2. The first-order chi connectivity index (χ1) is 9.17.